The average Bonchev–Trinajstić information content (AvgIpc) is 2.54. The van der Waals surface area contributed by atoms with Gasteiger partial charge in [0.05, 0.1) is 4.90 Å². The van der Waals surface area contributed by atoms with Crippen molar-refractivity contribution in [3.63, 3.8) is 0 Å². The third kappa shape index (κ3) is 4.88. The zero-order valence-corrected chi connectivity index (χ0v) is 14.6. The Kier molecular flexibility index (Phi) is 5.55. The van der Waals surface area contributed by atoms with E-state index in [0.29, 0.717) is 16.8 Å². The lowest BCUT2D eigenvalue weighted by Crippen LogP contribution is -2.30. The molecule has 0 aliphatic rings. The number of hydrogen-bond donors (Lipinski definition) is 3. The highest BCUT2D eigenvalue weighted by atomic mass is 32.2. The molecule has 2 amide bonds. The summed E-state index contributed by atoms with van der Waals surface area (Å²) >= 11 is 0. The van der Waals surface area contributed by atoms with Crippen molar-refractivity contribution in [1.29, 1.82) is 0 Å². The molecule has 4 N–H and O–H groups in total. The van der Waals surface area contributed by atoms with Gasteiger partial charge in [-0.15, -0.1) is 0 Å². The van der Waals surface area contributed by atoms with Crippen LogP contribution in [0.25, 0.3) is 0 Å². The molecule has 2 aromatic carbocycles. The van der Waals surface area contributed by atoms with Crippen molar-refractivity contribution in [2.24, 2.45) is 5.73 Å². The molecular formula is C17H19N3O4S. The fraction of sp³-hybridized carbons (Fsp3) is 0.176. The van der Waals surface area contributed by atoms with Gasteiger partial charge in [-0.25, -0.2) is 13.1 Å². The van der Waals surface area contributed by atoms with E-state index in [9.17, 15) is 18.0 Å². The van der Waals surface area contributed by atoms with Gasteiger partial charge in [-0.2, -0.15) is 0 Å². The van der Waals surface area contributed by atoms with Gasteiger partial charge < -0.3 is 11.1 Å². The maximum atomic E-state index is 12.2. The van der Waals surface area contributed by atoms with E-state index in [1.807, 2.05) is 0 Å². The van der Waals surface area contributed by atoms with E-state index in [-0.39, 0.29) is 10.9 Å². The molecule has 0 aromatic heterocycles. The molecule has 8 heteroatoms. The Bertz CT molecular complexity index is 873. The molecule has 0 aliphatic heterocycles. The third-order valence-electron chi connectivity index (χ3n) is 3.24. The summed E-state index contributed by atoms with van der Waals surface area (Å²) in [5.41, 5.74) is 6.29. The van der Waals surface area contributed by atoms with Gasteiger partial charge in [-0.1, -0.05) is 0 Å². The molecule has 0 fully saturated rings. The highest BCUT2D eigenvalue weighted by Crippen LogP contribution is 2.14. The summed E-state index contributed by atoms with van der Waals surface area (Å²) in [7, 11) is -3.60. The summed E-state index contributed by atoms with van der Waals surface area (Å²) in [5, 5.41) is 2.66. The molecule has 0 spiro atoms. The van der Waals surface area contributed by atoms with Gasteiger partial charge in [0.25, 0.3) is 5.91 Å². The Morgan fingerprint density at radius 3 is 1.92 bits per heavy atom. The summed E-state index contributed by atoms with van der Waals surface area (Å²) in [6.45, 7) is 3.45. The molecule has 0 saturated carbocycles. The van der Waals surface area contributed by atoms with Crippen molar-refractivity contribution in [2.75, 3.05) is 5.32 Å². The van der Waals surface area contributed by atoms with Crippen molar-refractivity contribution in [1.82, 2.24) is 4.72 Å². The van der Waals surface area contributed by atoms with Gasteiger partial charge >= 0.3 is 0 Å². The van der Waals surface area contributed by atoms with E-state index in [1.54, 1.807) is 26.0 Å². The second-order valence-corrected chi connectivity index (χ2v) is 7.41. The lowest BCUT2D eigenvalue weighted by molar-refractivity contribution is 0.0998. The van der Waals surface area contributed by atoms with Gasteiger partial charge in [0, 0.05) is 22.9 Å². The Balaban J connectivity index is 2.11. The molecule has 25 heavy (non-hydrogen) atoms. The van der Waals surface area contributed by atoms with Crippen LogP contribution in [0.3, 0.4) is 0 Å². The summed E-state index contributed by atoms with van der Waals surface area (Å²) in [5.74, 6) is -0.947. The first-order valence-electron chi connectivity index (χ1n) is 7.52. The second-order valence-electron chi connectivity index (χ2n) is 5.70. The molecule has 0 unspecified atom stereocenters. The van der Waals surface area contributed by atoms with Gasteiger partial charge in [-0.05, 0) is 62.4 Å². The van der Waals surface area contributed by atoms with Crippen LogP contribution in [-0.4, -0.2) is 26.3 Å². The molecule has 0 saturated heterocycles. The number of hydrogen-bond acceptors (Lipinski definition) is 4. The zero-order valence-electron chi connectivity index (χ0n) is 13.8. The lowest BCUT2D eigenvalue weighted by Gasteiger charge is -2.10. The zero-order chi connectivity index (χ0) is 18.6. The number of carbonyl (C=O) groups is 2. The maximum absolute atomic E-state index is 12.2. The number of rotatable bonds is 6. The summed E-state index contributed by atoms with van der Waals surface area (Å²) in [4.78, 5) is 23.3. The minimum atomic E-state index is -3.60. The molecular weight excluding hydrogens is 342 g/mol. The van der Waals surface area contributed by atoms with E-state index in [0.717, 1.165) is 0 Å². The van der Waals surface area contributed by atoms with Crippen molar-refractivity contribution in [3.05, 3.63) is 59.7 Å². The van der Waals surface area contributed by atoms with Crippen LogP contribution in [0.1, 0.15) is 34.6 Å². The highest BCUT2D eigenvalue weighted by molar-refractivity contribution is 7.89. The molecule has 2 aromatic rings. The molecule has 0 radical (unpaired) electrons. The first-order chi connectivity index (χ1) is 11.7. The average molecular weight is 361 g/mol. The minimum Gasteiger partial charge on any atom is -0.366 e. The first kappa shape index (κ1) is 18.6. The number of nitrogens with two attached hydrogens (primary N) is 1. The van der Waals surface area contributed by atoms with Crippen molar-refractivity contribution >= 4 is 27.5 Å². The maximum Gasteiger partial charge on any atom is 0.255 e. The summed E-state index contributed by atoms with van der Waals surface area (Å²) < 4.78 is 26.6. The van der Waals surface area contributed by atoms with Gasteiger partial charge in [0.1, 0.15) is 0 Å². The van der Waals surface area contributed by atoms with Crippen LogP contribution in [0.2, 0.25) is 0 Å². The number of nitrogens with one attached hydrogen (secondary N) is 2. The third-order valence-corrected chi connectivity index (χ3v) is 4.92. The fourth-order valence-electron chi connectivity index (χ4n) is 2.08. The van der Waals surface area contributed by atoms with Crippen molar-refractivity contribution < 1.29 is 18.0 Å². The number of carbonyl (C=O) groups excluding carboxylic acids is 2. The molecule has 2 rings (SSSR count). The molecule has 7 nitrogen and oxygen atoms in total. The predicted octanol–water partition coefficient (Wildman–Crippen LogP) is 1.72. The second kappa shape index (κ2) is 7.45. The Hall–Kier alpha value is -2.71. The Morgan fingerprint density at radius 1 is 0.920 bits per heavy atom. The van der Waals surface area contributed by atoms with E-state index in [1.165, 1.54) is 36.4 Å². The monoisotopic (exact) mass is 361 g/mol. The largest absolute Gasteiger partial charge is 0.366 e. The minimum absolute atomic E-state index is 0.0866. The number of benzene rings is 2. The van der Waals surface area contributed by atoms with Crippen LogP contribution in [0.5, 0.6) is 0 Å². The Labute approximate surface area is 146 Å². The smallest absolute Gasteiger partial charge is 0.255 e. The Morgan fingerprint density at radius 2 is 1.44 bits per heavy atom. The molecule has 0 atom stereocenters. The van der Waals surface area contributed by atoms with Gasteiger partial charge in [0.2, 0.25) is 15.9 Å². The van der Waals surface area contributed by atoms with Crippen LogP contribution in [0.4, 0.5) is 5.69 Å². The van der Waals surface area contributed by atoms with Crippen LogP contribution in [0, 0.1) is 0 Å². The van der Waals surface area contributed by atoms with Crippen LogP contribution in [0.15, 0.2) is 53.4 Å². The summed E-state index contributed by atoms with van der Waals surface area (Å²) in [6.07, 6.45) is 0. The van der Waals surface area contributed by atoms with Gasteiger partial charge in [0.15, 0.2) is 0 Å². The van der Waals surface area contributed by atoms with E-state index >= 15 is 0 Å². The van der Waals surface area contributed by atoms with Gasteiger partial charge in [-0.3, -0.25) is 9.59 Å². The predicted molar refractivity (Wildman–Crippen MR) is 94.8 cm³/mol. The van der Waals surface area contributed by atoms with Crippen molar-refractivity contribution in [2.45, 2.75) is 24.8 Å². The molecule has 0 heterocycles. The highest BCUT2D eigenvalue weighted by Gasteiger charge is 2.16. The van der Waals surface area contributed by atoms with E-state index in [4.69, 9.17) is 5.73 Å². The standard InChI is InChI=1S/C17H19N3O4S/c1-11(2)20-25(23,24)15-9-5-13(6-10-15)17(22)19-14-7-3-12(4-8-14)16(18)21/h3-11,20H,1-2H3,(H2,18,21)(H,19,22). The SMILES string of the molecule is CC(C)NS(=O)(=O)c1ccc(C(=O)Nc2ccc(C(N)=O)cc2)cc1. The van der Waals surface area contributed by atoms with Crippen molar-refractivity contribution in [3.8, 4) is 0 Å². The van der Waals surface area contributed by atoms with E-state index < -0.39 is 21.8 Å². The number of amides is 2. The fourth-order valence-corrected chi connectivity index (χ4v) is 3.34. The number of primary amides is 1. The van der Waals surface area contributed by atoms with Crippen LogP contribution >= 0.6 is 0 Å². The number of anilines is 1. The normalized spacial score (nSPS) is 11.3. The molecule has 132 valence electrons. The number of sulfonamides is 1. The quantitative estimate of drug-likeness (QED) is 0.726. The topological polar surface area (TPSA) is 118 Å². The molecule has 0 aliphatic carbocycles. The lowest BCUT2D eigenvalue weighted by atomic mass is 10.2. The first-order valence-corrected chi connectivity index (χ1v) is 9.01. The van der Waals surface area contributed by atoms with Crippen LogP contribution < -0.4 is 15.8 Å². The summed E-state index contributed by atoms with van der Waals surface area (Å²) in [6, 6.07) is 11.5. The van der Waals surface area contributed by atoms with E-state index in [2.05, 4.69) is 10.0 Å². The molecule has 0 bridgehead atoms. The van der Waals surface area contributed by atoms with Crippen LogP contribution in [-0.2, 0) is 10.0 Å².